The maximum atomic E-state index is 6.13. The third-order valence-electron chi connectivity index (χ3n) is 3.13. The molecule has 124 valence electrons. The van der Waals surface area contributed by atoms with Crippen molar-refractivity contribution >= 4 is 45.4 Å². The van der Waals surface area contributed by atoms with Crippen LogP contribution in [0.25, 0.3) is 10.1 Å². The van der Waals surface area contributed by atoms with E-state index in [1.807, 2.05) is 6.08 Å². The number of hydrogen-bond acceptors (Lipinski definition) is 2. The monoisotopic (exact) mass is 367 g/mol. The summed E-state index contributed by atoms with van der Waals surface area (Å²) in [7, 11) is 2.12. The molecule has 0 spiro atoms. The Morgan fingerprint density at radius 1 is 1.30 bits per heavy atom. The molecule has 0 fully saturated rings. The number of likely N-dealkylation sites (N-methyl/N-ethyl adjacent to an activating group) is 1. The number of hydrogen-bond donors (Lipinski definition) is 0. The van der Waals surface area contributed by atoms with Crippen molar-refractivity contribution in [1.29, 1.82) is 0 Å². The molecule has 1 nitrogen and oxygen atoms in total. The Kier molecular flexibility index (Phi) is 7.64. The molecular formula is C19H23Cl2NS. The van der Waals surface area contributed by atoms with Crippen molar-refractivity contribution in [3.05, 3.63) is 46.3 Å². The molecule has 0 bridgehead atoms. The van der Waals surface area contributed by atoms with E-state index in [2.05, 4.69) is 74.9 Å². The number of allylic oxidation sites excluding steroid dienone is 1. The zero-order chi connectivity index (χ0) is 16.2. The topological polar surface area (TPSA) is 3.24 Å². The van der Waals surface area contributed by atoms with E-state index in [-0.39, 0.29) is 17.8 Å². The number of thiophene rings is 1. The van der Waals surface area contributed by atoms with Gasteiger partial charge in [0.1, 0.15) is 0 Å². The van der Waals surface area contributed by atoms with E-state index in [0.717, 1.165) is 17.4 Å². The van der Waals surface area contributed by atoms with E-state index >= 15 is 0 Å². The lowest BCUT2D eigenvalue weighted by molar-refractivity contribution is 0.365. The molecule has 0 saturated carbocycles. The summed E-state index contributed by atoms with van der Waals surface area (Å²) >= 11 is 7.76. The Balaban J connectivity index is 0.00000264. The molecule has 0 N–H and O–H groups in total. The smallest absolute Gasteiger partial charge is 0.0940 e. The van der Waals surface area contributed by atoms with Crippen LogP contribution in [-0.4, -0.2) is 18.5 Å². The second kappa shape index (κ2) is 8.76. The van der Waals surface area contributed by atoms with Crippen LogP contribution in [0.15, 0.2) is 36.4 Å². The van der Waals surface area contributed by atoms with E-state index in [4.69, 9.17) is 11.6 Å². The third kappa shape index (κ3) is 6.57. The summed E-state index contributed by atoms with van der Waals surface area (Å²) < 4.78 is 2.10. The zero-order valence-electron chi connectivity index (χ0n) is 14.0. The molecule has 0 atom stereocenters. The van der Waals surface area contributed by atoms with Crippen LogP contribution in [0.5, 0.6) is 0 Å². The van der Waals surface area contributed by atoms with Crippen LogP contribution in [0.1, 0.15) is 26.3 Å². The van der Waals surface area contributed by atoms with Crippen LogP contribution in [0, 0.1) is 17.3 Å². The van der Waals surface area contributed by atoms with Crippen LogP contribution in [0.4, 0.5) is 0 Å². The van der Waals surface area contributed by atoms with E-state index in [1.54, 1.807) is 11.3 Å². The Hall–Kier alpha value is -0.980. The molecule has 1 aromatic carbocycles. The van der Waals surface area contributed by atoms with Crippen molar-refractivity contribution < 1.29 is 0 Å². The number of benzene rings is 1. The molecule has 0 saturated heterocycles. The average molecular weight is 368 g/mol. The Morgan fingerprint density at radius 3 is 2.74 bits per heavy atom. The largest absolute Gasteiger partial charge is 0.298 e. The summed E-state index contributed by atoms with van der Waals surface area (Å²) in [6.07, 6.45) is 4.06. The minimum Gasteiger partial charge on any atom is -0.298 e. The number of rotatable bonds is 4. The Labute approximate surface area is 154 Å². The highest BCUT2D eigenvalue weighted by Gasteiger charge is 2.06. The van der Waals surface area contributed by atoms with Gasteiger partial charge in [0.15, 0.2) is 0 Å². The summed E-state index contributed by atoms with van der Waals surface area (Å²) in [5.41, 5.74) is 1.38. The van der Waals surface area contributed by atoms with Gasteiger partial charge in [-0.3, -0.25) is 4.90 Å². The minimum absolute atomic E-state index is 0. The molecule has 0 radical (unpaired) electrons. The van der Waals surface area contributed by atoms with Gasteiger partial charge in [-0.2, -0.15) is 0 Å². The lowest BCUT2D eigenvalue weighted by Crippen LogP contribution is -2.17. The van der Waals surface area contributed by atoms with Crippen molar-refractivity contribution in [3.63, 3.8) is 0 Å². The first-order valence-corrected chi connectivity index (χ1v) is 8.58. The summed E-state index contributed by atoms with van der Waals surface area (Å²) in [6.45, 7) is 8.14. The van der Waals surface area contributed by atoms with Crippen molar-refractivity contribution in [2.24, 2.45) is 5.41 Å². The standard InChI is InChI=1S/C19H22ClNS.ClH/c1-19(2,3)11-6-5-7-12-21(4)14-15-9-8-10-17-16(15)13-18(20)22-17;/h5,7-10,13H,12,14H2,1-4H3;1H/b7-5+;. The molecule has 0 unspecified atom stereocenters. The van der Waals surface area contributed by atoms with Crippen LogP contribution in [-0.2, 0) is 6.54 Å². The first-order chi connectivity index (χ1) is 10.3. The molecule has 2 rings (SSSR count). The zero-order valence-corrected chi connectivity index (χ0v) is 16.4. The number of halogens is 2. The lowest BCUT2D eigenvalue weighted by atomic mass is 9.98. The first-order valence-electron chi connectivity index (χ1n) is 7.38. The molecule has 1 heterocycles. The normalized spacial score (nSPS) is 11.6. The maximum absolute atomic E-state index is 6.13. The van der Waals surface area contributed by atoms with Crippen molar-refractivity contribution in [3.8, 4) is 11.8 Å². The predicted octanol–water partition coefficient (Wildman–Crippen LogP) is 6.01. The van der Waals surface area contributed by atoms with Crippen LogP contribution < -0.4 is 0 Å². The Morgan fingerprint density at radius 2 is 2.04 bits per heavy atom. The van der Waals surface area contributed by atoms with Gasteiger partial charge >= 0.3 is 0 Å². The van der Waals surface area contributed by atoms with Crippen molar-refractivity contribution in [2.45, 2.75) is 27.3 Å². The van der Waals surface area contributed by atoms with Gasteiger partial charge in [0.25, 0.3) is 0 Å². The van der Waals surface area contributed by atoms with Crippen molar-refractivity contribution in [1.82, 2.24) is 4.90 Å². The molecule has 23 heavy (non-hydrogen) atoms. The van der Waals surface area contributed by atoms with Gasteiger partial charge in [-0.15, -0.1) is 23.7 Å². The molecule has 4 heteroatoms. The van der Waals surface area contributed by atoms with Gasteiger partial charge in [0.2, 0.25) is 0 Å². The van der Waals surface area contributed by atoms with Gasteiger partial charge < -0.3 is 0 Å². The first kappa shape index (κ1) is 20.1. The van der Waals surface area contributed by atoms with E-state index in [1.165, 1.54) is 15.6 Å². The van der Waals surface area contributed by atoms with Gasteiger partial charge in [0, 0.05) is 23.2 Å². The quantitative estimate of drug-likeness (QED) is 0.597. The summed E-state index contributed by atoms with van der Waals surface area (Å²) in [4.78, 5) is 2.27. The fourth-order valence-electron chi connectivity index (χ4n) is 2.13. The third-order valence-corrected chi connectivity index (χ3v) is 4.36. The molecule has 1 aromatic heterocycles. The summed E-state index contributed by atoms with van der Waals surface area (Å²) in [6, 6.07) is 8.46. The van der Waals surface area contributed by atoms with Crippen LogP contribution >= 0.6 is 35.3 Å². The summed E-state index contributed by atoms with van der Waals surface area (Å²) in [5.74, 6) is 6.31. The molecular weight excluding hydrogens is 345 g/mol. The fraction of sp³-hybridized carbons (Fsp3) is 0.368. The van der Waals surface area contributed by atoms with Crippen LogP contribution in [0.3, 0.4) is 0 Å². The van der Waals surface area contributed by atoms with Crippen molar-refractivity contribution in [2.75, 3.05) is 13.6 Å². The van der Waals surface area contributed by atoms with E-state index in [9.17, 15) is 0 Å². The average Bonchev–Trinajstić information content (AvgIpc) is 2.78. The molecule has 0 aliphatic heterocycles. The highest BCUT2D eigenvalue weighted by atomic mass is 35.5. The minimum atomic E-state index is 0. The van der Waals surface area contributed by atoms with E-state index < -0.39 is 0 Å². The molecule has 2 aromatic rings. The highest BCUT2D eigenvalue weighted by Crippen LogP contribution is 2.31. The van der Waals surface area contributed by atoms with Crippen LogP contribution in [0.2, 0.25) is 4.34 Å². The SMILES string of the molecule is CN(C/C=C/C#CC(C)(C)C)Cc1cccc2sc(Cl)cc12.Cl. The van der Waals surface area contributed by atoms with E-state index in [0.29, 0.717) is 0 Å². The van der Waals surface area contributed by atoms with Gasteiger partial charge in [0.05, 0.1) is 4.34 Å². The molecule has 0 aliphatic carbocycles. The fourth-order valence-corrected chi connectivity index (χ4v) is 3.33. The summed E-state index contributed by atoms with van der Waals surface area (Å²) in [5, 5.41) is 1.26. The van der Waals surface area contributed by atoms with Gasteiger partial charge in [-0.25, -0.2) is 0 Å². The second-order valence-corrected chi connectivity index (χ2v) is 8.21. The molecule has 0 amide bonds. The maximum Gasteiger partial charge on any atom is 0.0940 e. The predicted molar refractivity (Wildman–Crippen MR) is 107 cm³/mol. The van der Waals surface area contributed by atoms with Gasteiger partial charge in [-0.05, 0) is 57.0 Å². The number of fused-ring (bicyclic) bond motifs is 1. The second-order valence-electron chi connectivity index (χ2n) is 6.50. The number of nitrogens with zero attached hydrogens (tertiary/aromatic N) is 1. The lowest BCUT2D eigenvalue weighted by Gasteiger charge is -2.14. The highest BCUT2D eigenvalue weighted by molar-refractivity contribution is 7.22. The Bertz CT molecular complexity index is 729. The molecule has 0 aliphatic rings. The van der Waals surface area contributed by atoms with Gasteiger partial charge in [-0.1, -0.05) is 41.7 Å².